The molecule has 0 saturated heterocycles. The zero-order valence-electron chi connectivity index (χ0n) is 7.80. The maximum atomic E-state index is 8.68. The van der Waals surface area contributed by atoms with Crippen LogP contribution in [0.1, 0.15) is 12.8 Å². The molecular weight excluding hydrogens is 140 g/mol. The minimum absolute atomic E-state index is 0.277. The Morgan fingerprint density at radius 2 is 2.00 bits per heavy atom. The highest BCUT2D eigenvalue weighted by molar-refractivity contribution is 4.64. The summed E-state index contributed by atoms with van der Waals surface area (Å²) in [6.45, 7) is 1.35. The van der Waals surface area contributed by atoms with Gasteiger partial charge in [-0.2, -0.15) is 0 Å². The fourth-order valence-electron chi connectivity index (χ4n) is 1.00. The SMILES string of the molecule is CNC(CCO)CCN(C)C. The lowest BCUT2D eigenvalue weighted by molar-refractivity contribution is 0.256. The lowest BCUT2D eigenvalue weighted by Crippen LogP contribution is -2.30. The van der Waals surface area contributed by atoms with Gasteiger partial charge in [0.1, 0.15) is 0 Å². The van der Waals surface area contributed by atoms with Crippen molar-refractivity contribution >= 4 is 0 Å². The van der Waals surface area contributed by atoms with Gasteiger partial charge in [0.05, 0.1) is 0 Å². The molecule has 0 heterocycles. The number of aliphatic hydroxyl groups is 1. The molecule has 0 aliphatic heterocycles. The summed E-state index contributed by atoms with van der Waals surface area (Å²) in [5.41, 5.74) is 0. The van der Waals surface area contributed by atoms with Crippen molar-refractivity contribution in [3.8, 4) is 0 Å². The average molecular weight is 160 g/mol. The van der Waals surface area contributed by atoms with Gasteiger partial charge in [-0.3, -0.25) is 0 Å². The topological polar surface area (TPSA) is 35.5 Å². The molecule has 0 spiro atoms. The monoisotopic (exact) mass is 160 g/mol. The van der Waals surface area contributed by atoms with Crippen molar-refractivity contribution in [2.45, 2.75) is 18.9 Å². The van der Waals surface area contributed by atoms with Crippen molar-refractivity contribution < 1.29 is 5.11 Å². The van der Waals surface area contributed by atoms with Crippen LogP contribution in [-0.4, -0.2) is 50.3 Å². The highest BCUT2D eigenvalue weighted by Gasteiger charge is 2.04. The molecule has 2 N–H and O–H groups in total. The summed E-state index contributed by atoms with van der Waals surface area (Å²) >= 11 is 0. The van der Waals surface area contributed by atoms with Gasteiger partial charge in [0, 0.05) is 12.6 Å². The van der Waals surface area contributed by atoms with Crippen molar-refractivity contribution in [2.75, 3.05) is 34.3 Å². The lowest BCUT2D eigenvalue weighted by atomic mass is 10.1. The Morgan fingerprint density at radius 1 is 1.36 bits per heavy atom. The molecule has 68 valence electrons. The van der Waals surface area contributed by atoms with Gasteiger partial charge in [0.2, 0.25) is 0 Å². The van der Waals surface area contributed by atoms with E-state index in [9.17, 15) is 0 Å². The zero-order chi connectivity index (χ0) is 8.69. The highest BCUT2D eigenvalue weighted by atomic mass is 16.3. The second-order valence-electron chi connectivity index (χ2n) is 3.09. The molecule has 0 aliphatic carbocycles. The van der Waals surface area contributed by atoms with E-state index in [1.54, 1.807) is 0 Å². The van der Waals surface area contributed by atoms with Gasteiger partial charge < -0.3 is 15.3 Å². The second-order valence-corrected chi connectivity index (χ2v) is 3.09. The predicted molar refractivity (Wildman–Crippen MR) is 47.7 cm³/mol. The fraction of sp³-hybridized carbons (Fsp3) is 1.00. The van der Waals surface area contributed by atoms with E-state index in [1.165, 1.54) is 0 Å². The first-order chi connectivity index (χ1) is 5.20. The first-order valence-corrected chi connectivity index (χ1v) is 4.13. The molecule has 0 saturated carbocycles. The number of hydrogen-bond donors (Lipinski definition) is 2. The average Bonchev–Trinajstić information content (AvgIpc) is 1.97. The summed E-state index contributed by atoms with van der Waals surface area (Å²) in [5.74, 6) is 0. The minimum Gasteiger partial charge on any atom is -0.396 e. The van der Waals surface area contributed by atoms with E-state index in [2.05, 4.69) is 24.3 Å². The molecule has 1 unspecified atom stereocenters. The zero-order valence-corrected chi connectivity index (χ0v) is 7.80. The molecule has 0 rings (SSSR count). The molecule has 3 nitrogen and oxygen atoms in total. The van der Waals surface area contributed by atoms with Crippen LogP contribution in [0.4, 0.5) is 0 Å². The van der Waals surface area contributed by atoms with E-state index >= 15 is 0 Å². The molecule has 0 bridgehead atoms. The summed E-state index contributed by atoms with van der Waals surface area (Å²) in [7, 11) is 6.06. The number of nitrogens with one attached hydrogen (secondary N) is 1. The van der Waals surface area contributed by atoms with Crippen molar-refractivity contribution in [1.82, 2.24) is 10.2 Å². The molecule has 0 amide bonds. The van der Waals surface area contributed by atoms with E-state index in [4.69, 9.17) is 5.11 Å². The lowest BCUT2D eigenvalue weighted by Gasteiger charge is -2.17. The van der Waals surface area contributed by atoms with Crippen LogP contribution in [0, 0.1) is 0 Å². The van der Waals surface area contributed by atoms with Gasteiger partial charge in [0.25, 0.3) is 0 Å². The maximum absolute atomic E-state index is 8.68. The predicted octanol–water partition coefficient (Wildman–Crippen LogP) is -0.0915. The van der Waals surface area contributed by atoms with E-state index in [-0.39, 0.29) is 6.61 Å². The second kappa shape index (κ2) is 6.58. The number of hydrogen-bond acceptors (Lipinski definition) is 3. The first-order valence-electron chi connectivity index (χ1n) is 4.13. The smallest absolute Gasteiger partial charge is 0.0445 e. The van der Waals surface area contributed by atoms with Crippen LogP contribution in [0.5, 0.6) is 0 Å². The van der Waals surface area contributed by atoms with Gasteiger partial charge in [-0.1, -0.05) is 0 Å². The molecule has 0 aromatic rings. The van der Waals surface area contributed by atoms with Crippen LogP contribution >= 0.6 is 0 Å². The largest absolute Gasteiger partial charge is 0.396 e. The molecular formula is C8H20N2O. The Kier molecular flexibility index (Phi) is 6.51. The fourth-order valence-corrected chi connectivity index (χ4v) is 1.00. The quantitative estimate of drug-likeness (QED) is 0.570. The number of nitrogens with zero attached hydrogens (tertiary/aromatic N) is 1. The molecule has 0 aromatic heterocycles. The van der Waals surface area contributed by atoms with Crippen LogP contribution in [0.25, 0.3) is 0 Å². The Bertz CT molecular complexity index is 86.2. The Morgan fingerprint density at radius 3 is 2.36 bits per heavy atom. The summed E-state index contributed by atoms with van der Waals surface area (Å²) in [5, 5.41) is 11.9. The van der Waals surface area contributed by atoms with E-state index < -0.39 is 0 Å². The molecule has 0 radical (unpaired) electrons. The standard InChI is InChI=1S/C8H20N2O/c1-9-8(5-7-11)4-6-10(2)3/h8-9,11H,4-7H2,1-3H3. The van der Waals surface area contributed by atoms with Crippen molar-refractivity contribution in [2.24, 2.45) is 0 Å². The number of rotatable bonds is 6. The van der Waals surface area contributed by atoms with E-state index in [0.717, 1.165) is 19.4 Å². The third-order valence-corrected chi connectivity index (χ3v) is 1.81. The van der Waals surface area contributed by atoms with Gasteiger partial charge >= 0.3 is 0 Å². The van der Waals surface area contributed by atoms with Crippen LogP contribution in [0.2, 0.25) is 0 Å². The Labute approximate surface area is 69.4 Å². The van der Waals surface area contributed by atoms with Crippen LogP contribution in [0.3, 0.4) is 0 Å². The van der Waals surface area contributed by atoms with Crippen molar-refractivity contribution in [3.05, 3.63) is 0 Å². The Balaban J connectivity index is 3.35. The molecule has 0 fully saturated rings. The third-order valence-electron chi connectivity index (χ3n) is 1.81. The van der Waals surface area contributed by atoms with Gasteiger partial charge in [-0.15, -0.1) is 0 Å². The summed E-state index contributed by atoms with van der Waals surface area (Å²) in [6.07, 6.45) is 1.95. The molecule has 0 aromatic carbocycles. The highest BCUT2D eigenvalue weighted by Crippen LogP contribution is 1.96. The van der Waals surface area contributed by atoms with Crippen molar-refractivity contribution in [3.63, 3.8) is 0 Å². The molecule has 1 atom stereocenters. The van der Waals surface area contributed by atoms with Crippen LogP contribution < -0.4 is 5.32 Å². The normalized spacial score (nSPS) is 13.9. The summed E-state index contributed by atoms with van der Waals surface area (Å²) in [4.78, 5) is 2.15. The van der Waals surface area contributed by atoms with E-state index in [1.807, 2.05) is 7.05 Å². The summed E-state index contributed by atoms with van der Waals surface area (Å²) in [6, 6.07) is 0.461. The van der Waals surface area contributed by atoms with Crippen LogP contribution in [0.15, 0.2) is 0 Å². The van der Waals surface area contributed by atoms with Crippen molar-refractivity contribution in [1.29, 1.82) is 0 Å². The molecule has 11 heavy (non-hydrogen) atoms. The van der Waals surface area contributed by atoms with Gasteiger partial charge in [-0.05, 0) is 40.5 Å². The molecule has 3 heteroatoms. The minimum atomic E-state index is 0.277. The third kappa shape index (κ3) is 6.28. The van der Waals surface area contributed by atoms with E-state index in [0.29, 0.717) is 6.04 Å². The van der Waals surface area contributed by atoms with Gasteiger partial charge in [0.15, 0.2) is 0 Å². The Hall–Kier alpha value is -0.120. The first kappa shape index (κ1) is 10.9. The maximum Gasteiger partial charge on any atom is 0.0445 e. The van der Waals surface area contributed by atoms with Crippen LogP contribution in [-0.2, 0) is 0 Å². The van der Waals surface area contributed by atoms with Gasteiger partial charge in [-0.25, -0.2) is 0 Å². The number of aliphatic hydroxyl groups excluding tert-OH is 1. The summed E-state index contributed by atoms with van der Waals surface area (Å²) < 4.78 is 0. The molecule has 0 aliphatic rings.